The Morgan fingerprint density at radius 2 is 2.14 bits per heavy atom. The number of rotatable bonds is 1. The lowest BCUT2D eigenvalue weighted by atomic mass is 10.1. The van der Waals surface area contributed by atoms with Gasteiger partial charge in [-0.3, -0.25) is 0 Å². The molecule has 104 valence electrons. The minimum absolute atomic E-state index is 0.115. The van der Waals surface area contributed by atoms with Gasteiger partial charge in [-0.05, 0) is 30.7 Å². The first-order valence-electron chi connectivity index (χ1n) is 6.44. The highest BCUT2D eigenvalue weighted by molar-refractivity contribution is 9.10. The van der Waals surface area contributed by atoms with Gasteiger partial charge < -0.3 is 10.1 Å². The fraction of sp³-hybridized carbons (Fsp3) is 0.0667. The molecule has 4 rings (SSSR count). The summed E-state index contributed by atoms with van der Waals surface area (Å²) in [5, 5.41) is 15.5. The maximum Gasteiger partial charge on any atom is 0.199 e. The monoisotopic (exact) mass is 342 g/mol. The minimum atomic E-state index is 0.115. The molecule has 2 N–H and O–H groups in total. The highest BCUT2D eigenvalue weighted by Crippen LogP contribution is 2.38. The predicted molar refractivity (Wildman–Crippen MR) is 84.4 cm³/mol. The molecular formula is C15H11BrN4O. The lowest BCUT2D eigenvalue weighted by Crippen LogP contribution is -1.95. The summed E-state index contributed by atoms with van der Waals surface area (Å²) in [5.41, 5.74) is 4.25. The summed E-state index contributed by atoms with van der Waals surface area (Å²) in [4.78, 5) is 7.39. The number of benzene rings is 1. The van der Waals surface area contributed by atoms with E-state index >= 15 is 0 Å². The van der Waals surface area contributed by atoms with Crippen LogP contribution in [0.4, 0.5) is 0 Å². The number of hydrogen-bond acceptors (Lipinski definition) is 3. The van der Waals surface area contributed by atoms with Crippen LogP contribution in [0.1, 0.15) is 5.56 Å². The SMILES string of the molecule is Cc1ccn2ncnc(-c3c(O)[nH]c4cc(Br)ccc34)c12. The molecule has 0 spiro atoms. The second-order valence-corrected chi connectivity index (χ2v) is 5.85. The van der Waals surface area contributed by atoms with Gasteiger partial charge in [0, 0.05) is 16.1 Å². The van der Waals surface area contributed by atoms with Gasteiger partial charge in [-0.25, -0.2) is 9.50 Å². The van der Waals surface area contributed by atoms with E-state index in [1.165, 1.54) is 6.33 Å². The largest absolute Gasteiger partial charge is 0.494 e. The van der Waals surface area contributed by atoms with Crippen molar-refractivity contribution in [1.29, 1.82) is 0 Å². The van der Waals surface area contributed by atoms with Crippen molar-refractivity contribution in [2.75, 3.05) is 0 Å². The van der Waals surface area contributed by atoms with Gasteiger partial charge in [0.1, 0.15) is 12.0 Å². The number of aromatic nitrogens is 4. The third-order valence-corrected chi connectivity index (χ3v) is 4.13. The molecule has 0 bridgehead atoms. The maximum absolute atomic E-state index is 10.3. The molecule has 3 aromatic heterocycles. The van der Waals surface area contributed by atoms with Crippen LogP contribution in [0.15, 0.2) is 41.3 Å². The van der Waals surface area contributed by atoms with Crippen LogP contribution in [0.2, 0.25) is 0 Å². The van der Waals surface area contributed by atoms with Crippen LogP contribution < -0.4 is 0 Å². The number of halogens is 1. The molecule has 0 fully saturated rings. The van der Waals surface area contributed by atoms with E-state index in [2.05, 4.69) is 31.0 Å². The maximum atomic E-state index is 10.3. The number of aryl methyl sites for hydroxylation is 1. The molecule has 0 unspecified atom stereocenters. The number of nitrogens with one attached hydrogen (secondary N) is 1. The molecule has 5 nitrogen and oxygen atoms in total. The van der Waals surface area contributed by atoms with Gasteiger partial charge in [0.15, 0.2) is 5.88 Å². The topological polar surface area (TPSA) is 66.2 Å². The number of hydrogen-bond donors (Lipinski definition) is 2. The van der Waals surface area contributed by atoms with Gasteiger partial charge in [0.05, 0.1) is 16.6 Å². The molecule has 1 aromatic carbocycles. The Kier molecular flexibility index (Phi) is 2.56. The van der Waals surface area contributed by atoms with Gasteiger partial charge in [-0.15, -0.1) is 0 Å². The van der Waals surface area contributed by atoms with E-state index < -0.39 is 0 Å². The summed E-state index contributed by atoms with van der Waals surface area (Å²) in [6.07, 6.45) is 3.39. The van der Waals surface area contributed by atoms with Gasteiger partial charge in [0.25, 0.3) is 0 Å². The van der Waals surface area contributed by atoms with Crippen molar-refractivity contribution < 1.29 is 5.11 Å². The normalized spacial score (nSPS) is 11.5. The summed E-state index contributed by atoms with van der Waals surface area (Å²) in [6.45, 7) is 2.00. The van der Waals surface area contributed by atoms with Crippen LogP contribution >= 0.6 is 15.9 Å². The van der Waals surface area contributed by atoms with Crippen molar-refractivity contribution >= 4 is 32.3 Å². The predicted octanol–water partition coefficient (Wildman–Crippen LogP) is 3.65. The van der Waals surface area contributed by atoms with Gasteiger partial charge >= 0.3 is 0 Å². The van der Waals surface area contributed by atoms with Crippen molar-refractivity contribution in [3.63, 3.8) is 0 Å². The Morgan fingerprint density at radius 3 is 3.00 bits per heavy atom. The third-order valence-electron chi connectivity index (χ3n) is 3.63. The van der Waals surface area contributed by atoms with Crippen LogP contribution in [0, 0.1) is 6.92 Å². The molecule has 4 aromatic rings. The van der Waals surface area contributed by atoms with Crippen molar-refractivity contribution in [1.82, 2.24) is 19.6 Å². The second kappa shape index (κ2) is 4.33. The molecule has 0 radical (unpaired) electrons. The number of H-pyrrole nitrogens is 1. The molecule has 0 saturated heterocycles. The van der Waals surface area contributed by atoms with Gasteiger partial charge in [-0.1, -0.05) is 22.0 Å². The highest BCUT2D eigenvalue weighted by Gasteiger charge is 2.18. The number of fused-ring (bicyclic) bond motifs is 2. The van der Waals surface area contributed by atoms with Gasteiger partial charge in [0.2, 0.25) is 0 Å². The molecule has 3 heterocycles. The lowest BCUT2D eigenvalue weighted by molar-refractivity contribution is 0.460. The van der Waals surface area contributed by atoms with Crippen molar-refractivity contribution in [3.8, 4) is 17.1 Å². The molecule has 0 aliphatic carbocycles. The Balaban J connectivity index is 2.14. The number of aromatic amines is 1. The van der Waals surface area contributed by atoms with E-state index in [0.29, 0.717) is 5.56 Å². The summed E-state index contributed by atoms with van der Waals surface area (Å²) in [6, 6.07) is 7.82. The molecule has 0 amide bonds. The zero-order chi connectivity index (χ0) is 14.6. The van der Waals surface area contributed by atoms with Gasteiger partial charge in [-0.2, -0.15) is 5.10 Å². The fourth-order valence-corrected chi connectivity index (χ4v) is 3.05. The Labute approximate surface area is 128 Å². The Morgan fingerprint density at radius 1 is 1.29 bits per heavy atom. The zero-order valence-electron chi connectivity index (χ0n) is 11.1. The smallest absolute Gasteiger partial charge is 0.199 e. The van der Waals surface area contributed by atoms with E-state index in [9.17, 15) is 5.11 Å². The average Bonchev–Trinajstić information content (AvgIpc) is 2.98. The first-order chi connectivity index (χ1) is 10.1. The average molecular weight is 343 g/mol. The molecule has 0 atom stereocenters. The first kappa shape index (κ1) is 12.4. The highest BCUT2D eigenvalue weighted by atomic mass is 79.9. The van der Waals surface area contributed by atoms with E-state index in [1.54, 1.807) is 4.52 Å². The summed E-state index contributed by atoms with van der Waals surface area (Å²) < 4.78 is 2.73. The summed E-state index contributed by atoms with van der Waals surface area (Å²) in [5.74, 6) is 0.115. The number of aromatic hydroxyl groups is 1. The van der Waals surface area contributed by atoms with E-state index in [0.717, 1.165) is 32.1 Å². The van der Waals surface area contributed by atoms with Crippen LogP contribution in [0.5, 0.6) is 5.88 Å². The number of nitrogens with zero attached hydrogens (tertiary/aromatic N) is 3. The first-order valence-corrected chi connectivity index (χ1v) is 7.24. The van der Waals surface area contributed by atoms with Crippen molar-refractivity contribution in [2.45, 2.75) is 6.92 Å². The Hall–Kier alpha value is -2.34. The second-order valence-electron chi connectivity index (χ2n) is 4.94. The van der Waals surface area contributed by atoms with Crippen LogP contribution in [-0.4, -0.2) is 24.7 Å². The fourth-order valence-electron chi connectivity index (χ4n) is 2.69. The van der Waals surface area contributed by atoms with E-state index in [1.807, 2.05) is 37.4 Å². The molecule has 0 aliphatic heterocycles. The van der Waals surface area contributed by atoms with E-state index in [-0.39, 0.29) is 5.88 Å². The van der Waals surface area contributed by atoms with Crippen molar-refractivity contribution in [3.05, 3.63) is 46.8 Å². The molecule has 21 heavy (non-hydrogen) atoms. The van der Waals surface area contributed by atoms with Crippen LogP contribution in [0.25, 0.3) is 27.7 Å². The van der Waals surface area contributed by atoms with Crippen LogP contribution in [0.3, 0.4) is 0 Å². The minimum Gasteiger partial charge on any atom is -0.494 e. The quantitative estimate of drug-likeness (QED) is 0.554. The third kappa shape index (κ3) is 1.76. The molecule has 0 saturated carbocycles. The molecular weight excluding hydrogens is 332 g/mol. The molecule has 0 aliphatic rings. The van der Waals surface area contributed by atoms with Crippen LogP contribution in [-0.2, 0) is 0 Å². The lowest BCUT2D eigenvalue weighted by Gasteiger charge is -2.04. The summed E-state index contributed by atoms with van der Waals surface area (Å²) in [7, 11) is 0. The van der Waals surface area contributed by atoms with E-state index in [4.69, 9.17) is 0 Å². The standard InChI is InChI=1S/C15H11BrN4O/c1-8-4-5-20-14(8)13(17-7-18-20)12-10-3-2-9(16)6-11(10)19-15(12)21/h2-7,19,21H,1H3. The Bertz CT molecular complexity index is 986. The zero-order valence-corrected chi connectivity index (χ0v) is 12.7. The van der Waals surface area contributed by atoms with Crippen molar-refractivity contribution in [2.24, 2.45) is 0 Å². The molecule has 6 heteroatoms. The summed E-state index contributed by atoms with van der Waals surface area (Å²) >= 11 is 3.44.